The number of hydrogen-bond donors (Lipinski definition) is 0. The molecule has 4 aromatic rings. The number of anilines is 2. The topological polar surface area (TPSA) is 95.7 Å². The van der Waals surface area contributed by atoms with Crippen LogP contribution in [0, 0.1) is 10.1 Å². The smallest absolute Gasteiger partial charge is 0.269 e. The van der Waals surface area contributed by atoms with E-state index in [0.29, 0.717) is 39.1 Å². The van der Waals surface area contributed by atoms with Gasteiger partial charge in [-0.2, -0.15) is 4.37 Å². The molecular weight excluding hydrogens is 500 g/mol. The first-order valence-corrected chi connectivity index (χ1v) is 13.2. The van der Waals surface area contributed by atoms with Crippen molar-refractivity contribution in [2.75, 3.05) is 42.5 Å². The van der Waals surface area contributed by atoms with Crippen molar-refractivity contribution in [3.63, 3.8) is 0 Å². The van der Waals surface area contributed by atoms with Crippen molar-refractivity contribution in [1.29, 1.82) is 0 Å². The lowest BCUT2D eigenvalue weighted by Gasteiger charge is -2.37. The molecule has 2 heterocycles. The van der Waals surface area contributed by atoms with Gasteiger partial charge in [0.15, 0.2) is 0 Å². The van der Waals surface area contributed by atoms with Gasteiger partial charge in [0.1, 0.15) is 5.82 Å². The Hall–Kier alpha value is -4.31. The normalized spacial score (nSPS) is 13.4. The SMILES string of the molecule is O=C(CN(Cc1ccccc1)c1nc(Cc2ccccc2)ns1)N1CCN(c2ccc([N+](=O)[O-])cc2)CC1. The molecule has 0 aliphatic carbocycles. The van der Waals surface area contributed by atoms with Crippen LogP contribution in [0.3, 0.4) is 0 Å². The van der Waals surface area contributed by atoms with E-state index in [4.69, 9.17) is 4.98 Å². The number of rotatable bonds is 9. The summed E-state index contributed by atoms with van der Waals surface area (Å²) in [5.74, 6) is 0.794. The van der Waals surface area contributed by atoms with Crippen LogP contribution in [0.1, 0.15) is 17.0 Å². The largest absolute Gasteiger partial charge is 0.368 e. The molecule has 0 N–H and O–H groups in total. The fraction of sp³-hybridized carbons (Fsp3) is 0.250. The number of amides is 1. The molecule has 0 unspecified atom stereocenters. The molecule has 0 atom stereocenters. The molecule has 0 saturated carbocycles. The van der Waals surface area contributed by atoms with Gasteiger partial charge in [0.25, 0.3) is 5.69 Å². The highest BCUT2D eigenvalue weighted by molar-refractivity contribution is 7.09. The standard InChI is InChI=1S/C28H28N6O3S/c35-27(32-17-15-31(16-18-32)24-11-13-25(14-12-24)34(36)37)21-33(20-23-9-5-2-6-10-23)28-29-26(30-38-28)19-22-7-3-1-4-8-22/h1-14H,15-21H2. The summed E-state index contributed by atoms with van der Waals surface area (Å²) in [6.07, 6.45) is 0.648. The molecule has 10 heteroatoms. The highest BCUT2D eigenvalue weighted by atomic mass is 32.1. The zero-order valence-corrected chi connectivity index (χ0v) is 21.7. The minimum absolute atomic E-state index is 0.0455. The Morgan fingerprint density at radius 3 is 2.16 bits per heavy atom. The Bertz CT molecular complexity index is 1360. The van der Waals surface area contributed by atoms with Crippen molar-refractivity contribution in [3.05, 3.63) is 112 Å². The molecule has 1 fully saturated rings. The van der Waals surface area contributed by atoms with E-state index in [9.17, 15) is 14.9 Å². The van der Waals surface area contributed by atoms with Gasteiger partial charge in [0, 0.05) is 68.5 Å². The number of nitro benzene ring substituents is 1. The molecule has 5 rings (SSSR count). The Morgan fingerprint density at radius 2 is 1.53 bits per heavy atom. The van der Waals surface area contributed by atoms with Crippen LogP contribution in [-0.2, 0) is 17.8 Å². The number of aromatic nitrogens is 2. The lowest BCUT2D eigenvalue weighted by molar-refractivity contribution is -0.384. The number of piperazine rings is 1. The lowest BCUT2D eigenvalue weighted by Crippen LogP contribution is -2.51. The van der Waals surface area contributed by atoms with E-state index in [1.807, 2.05) is 58.3 Å². The van der Waals surface area contributed by atoms with Crippen LogP contribution in [0.5, 0.6) is 0 Å². The predicted molar refractivity (Wildman–Crippen MR) is 149 cm³/mol. The van der Waals surface area contributed by atoms with E-state index < -0.39 is 4.92 Å². The van der Waals surface area contributed by atoms with Crippen LogP contribution in [0.15, 0.2) is 84.9 Å². The summed E-state index contributed by atoms with van der Waals surface area (Å²) in [6, 6.07) is 26.7. The summed E-state index contributed by atoms with van der Waals surface area (Å²) in [7, 11) is 0. The fourth-order valence-electron chi connectivity index (χ4n) is 4.48. The van der Waals surface area contributed by atoms with Crippen molar-refractivity contribution < 1.29 is 9.72 Å². The molecule has 3 aromatic carbocycles. The first-order chi connectivity index (χ1) is 18.5. The number of nitro groups is 1. The molecule has 0 radical (unpaired) electrons. The van der Waals surface area contributed by atoms with Gasteiger partial charge in [0.2, 0.25) is 11.0 Å². The third-order valence-electron chi connectivity index (χ3n) is 6.53. The van der Waals surface area contributed by atoms with Crippen molar-refractivity contribution in [1.82, 2.24) is 14.3 Å². The second-order valence-corrected chi connectivity index (χ2v) is 9.87. The van der Waals surface area contributed by atoms with E-state index in [1.54, 1.807) is 12.1 Å². The Balaban J connectivity index is 1.24. The number of non-ortho nitro benzene ring substituents is 1. The van der Waals surface area contributed by atoms with Gasteiger partial charge >= 0.3 is 0 Å². The average molecular weight is 529 g/mol. The van der Waals surface area contributed by atoms with Gasteiger partial charge in [-0.05, 0) is 23.3 Å². The molecule has 38 heavy (non-hydrogen) atoms. The zero-order valence-electron chi connectivity index (χ0n) is 20.8. The Kier molecular flexibility index (Phi) is 7.89. The van der Waals surface area contributed by atoms with Gasteiger partial charge in [-0.1, -0.05) is 60.7 Å². The van der Waals surface area contributed by atoms with Gasteiger partial charge in [0.05, 0.1) is 11.5 Å². The summed E-state index contributed by atoms with van der Waals surface area (Å²) >= 11 is 1.32. The predicted octanol–water partition coefficient (Wildman–Crippen LogP) is 4.39. The third kappa shape index (κ3) is 6.33. The summed E-state index contributed by atoms with van der Waals surface area (Å²) in [5.41, 5.74) is 3.24. The fourth-order valence-corrected chi connectivity index (χ4v) is 5.16. The number of carbonyl (C=O) groups is 1. The van der Waals surface area contributed by atoms with E-state index in [-0.39, 0.29) is 18.1 Å². The van der Waals surface area contributed by atoms with Crippen molar-refractivity contribution in [2.45, 2.75) is 13.0 Å². The van der Waals surface area contributed by atoms with Crippen LogP contribution in [0.2, 0.25) is 0 Å². The van der Waals surface area contributed by atoms with Gasteiger partial charge < -0.3 is 14.7 Å². The van der Waals surface area contributed by atoms with Crippen LogP contribution in [0.25, 0.3) is 0 Å². The van der Waals surface area contributed by atoms with Crippen molar-refractivity contribution in [2.24, 2.45) is 0 Å². The molecule has 1 aliphatic rings. The van der Waals surface area contributed by atoms with Gasteiger partial charge in [-0.25, -0.2) is 4.98 Å². The molecule has 0 bridgehead atoms. The van der Waals surface area contributed by atoms with Crippen LogP contribution in [0.4, 0.5) is 16.5 Å². The minimum atomic E-state index is -0.399. The van der Waals surface area contributed by atoms with E-state index in [0.717, 1.165) is 27.8 Å². The monoisotopic (exact) mass is 528 g/mol. The van der Waals surface area contributed by atoms with E-state index in [1.165, 1.54) is 23.7 Å². The molecular formula is C28H28N6O3S. The van der Waals surface area contributed by atoms with Gasteiger partial charge in [-0.3, -0.25) is 14.9 Å². The van der Waals surface area contributed by atoms with Crippen LogP contribution in [-0.4, -0.2) is 57.8 Å². The molecule has 0 spiro atoms. The highest BCUT2D eigenvalue weighted by Crippen LogP contribution is 2.23. The molecule has 1 aliphatic heterocycles. The van der Waals surface area contributed by atoms with Crippen molar-refractivity contribution >= 4 is 33.9 Å². The second kappa shape index (κ2) is 11.8. The zero-order chi connectivity index (χ0) is 26.3. The summed E-state index contributed by atoms with van der Waals surface area (Å²) in [4.78, 5) is 34.7. The number of hydrogen-bond acceptors (Lipinski definition) is 8. The summed E-state index contributed by atoms with van der Waals surface area (Å²) < 4.78 is 4.57. The Morgan fingerprint density at radius 1 is 0.895 bits per heavy atom. The molecule has 1 saturated heterocycles. The third-order valence-corrected chi connectivity index (χ3v) is 7.35. The highest BCUT2D eigenvalue weighted by Gasteiger charge is 2.25. The average Bonchev–Trinajstić information content (AvgIpc) is 3.42. The summed E-state index contributed by atoms with van der Waals surface area (Å²) in [5, 5.41) is 11.7. The van der Waals surface area contributed by atoms with E-state index >= 15 is 0 Å². The Labute approximate surface area is 225 Å². The molecule has 1 aromatic heterocycles. The first-order valence-electron chi connectivity index (χ1n) is 12.5. The lowest BCUT2D eigenvalue weighted by atomic mass is 10.1. The first kappa shape index (κ1) is 25.3. The summed E-state index contributed by atoms with van der Waals surface area (Å²) in [6.45, 7) is 3.29. The van der Waals surface area contributed by atoms with Crippen LogP contribution >= 0.6 is 11.5 Å². The quantitative estimate of drug-likeness (QED) is 0.235. The van der Waals surface area contributed by atoms with Gasteiger partial charge in [-0.15, -0.1) is 0 Å². The number of benzene rings is 3. The maximum absolute atomic E-state index is 13.4. The van der Waals surface area contributed by atoms with E-state index in [2.05, 4.69) is 21.4 Å². The number of carbonyl (C=O) groups excluding carboxylic acids is 1. The molecule has 1 amide bonds. The maximum atomic E-state index is 13.4. The molecule has 9 nitrogen and oxygen atoms in total. The molecule has 194 valence electrons. The number of nitrogens with zero attached hydrogens (tertiary/aromatic N) is 6. The van der Waals surface area contributed by atoms with Crippen LogP contribution < -0.4 is 9.80 Å². The maximum Gasteiger partial charge on any atom is 0.269 e. The van der Waals surface area contributed by atoms with Crippen molar-refractivity contribution in [3.8, 4) is 0 Å². The second-order valence-electron chi connectivity index (χ2n) is 9.14. The minimum Gasteiger partial charge on any atom is -0.368 e.